The number of benzene rings is 2. The molecule has 1 aliphatic rings. The standard InChI is InChI=1S/C22H24N4O4S/c1-30-20-16-26(19-10-6-3-7-11-19)23-21(20)22(27)24-12-14-25(15-13-24)31(28,29)17-18-8-4-2-5-9-18/h2-11,16H,12-15,17H2,1H3. The quantitative estimate of drug-likeness (QED) is 0.587. The summed E-state index contributed by atoms with van der Waals surface area (Å²) in [7, 11) is -1.95. The van der Waals surface area contributed by atoms with Crippen LogP contribution in [0.3, 0.4) is 0 Å². The Bertz CT molecular complexity index is 1140. The van der Waals surface area contributed by atoms with Gasteiger partial charge in [0.05, 0.1) is 24.7 Å². The second kappa shape index (κ2) is 8.91. The number of ether oxygens (including phenoxy) is 1. The average Bonchev–Trinajstić information content (AvgIpc) is 3.24. The normalized spacial score (nSPS) is 15.1. The van der Waals surface area contributed by atoms with Crippen molar-refractivity contribution in [3.05, 3.63) is 78.1 Å². The maximum absolute atomic E-state index is 13.1. The van der Waals surface area contributed by atoms with Crippen molar-refractivity contribution in [1.29, 1.82) is 0 Å². The number of amides is 1. The fourth-order valence-corrected chi connectivity index (χ4v) is 5.08. The van der Waals surface area contributed by atoms with Gasteiger partial charge in [-0.2, -0.15) is 9.40 Å². The number of sulfonamides is 1. The summed E-state index contributed by atoms with van der Waals surface area (Å²) >= 11 is 0. The minimum Gasteiger partial charge on any atom is -0.493 e. The lowest BCUT2D eigenvalue weighted by Crippen LogP contribution is -2.50. The number of methoxy groups -OCH3 is 1. The summed E-state index contributed by atoms with van der Waals surface area (Å²) in [5.41, 5.74) is 1.78. The number of carbonyl (C=O) groups excluding carboxylic acids is 1. The van der Waals surface area contributed by atoms with E-state index in [-0.39, 0.29) is 30.4 Å². The lowest BCUT2D eigenvalue weighted by atomic mass is 10.2. The first kappa shape index (κ1) is 21.1. The number of para-hydroxylation sites is 1. The fraction of sp³-hybridized carbons (Fsp3) is 0.273. The maximum atomic E-state index is 13.1. The Hall–Kier alpha value is -3.17. The highest BCUT2D eigenvalue weighted by Crippen LogP contribution is 2.22. The molecule has 8 nitrogen and oxygen atoms in total. The Labute approximate surface area is 181 Å². The molecule has 0 bridgehead atoms. The third-order valence-electron chi connectivity index (χ3n) is 5.24. The summed E-state index contributed by atoms with van der Waals surface area (Å²) in [5.74, 6) is 0.0662. The Morgan fingerprint density at radius 3 is 2.19 bits per heavy atom. The number of nitrogens with zero attached hydrogens (tertiary/aromatic N) is 4. The monoisotopic (exact) mass is 440 g/mol. The summed E-state index contributed by atoms with van der Waals surface area (Å²) in [6.45, 7) is 1.10. The van der Waals surface area contributed by atoms with Crippen molar-refractivity contribution < 1.29 is 17.9 Å². The summed E-state index contributed by atoms with van der Waals surface area (Å²) in [4.78, 5) is 14.7. The van der Waals surface area contributed by atoms with Gasteiger partial charge in [0.2, 0.25) is 10.0 Å². The third kappa shape index (κ3) is 4.62. The molecule has 0 aliphatic carbocycles. The Morgan fingerprint density at radius 1 is 0.968 bits per heavy atom. The molecule has 0 unspecified atom stereocenters. The summed E-state index contributed by atoms with van der Waals surface area (Å²) in [6, 6.07) is 18.6. The predicted octanol–water partition coefficient (Wildman–Crippen LogP) is 2.17. The molecule has 31 heavy (non-hydrogen) atoms. The van der Waals surface area contributed by atoms with Gasteiger partial charge >= 0.3 is 0 Å². The molecule has 1 amide bonds. The van der Waals surface area contributed by atoms with Crippen molar-refractivity contribution in [2.75, 3.05) is 33.3 Å². The van der Waals surface area contributed by atoms with Crippen LogP contribution in [0.4, 0.5) is 0 Å². The second-order valence-electron chi connectivity index (χ2n) is 7.26. The van der Waals surface area contributed by atoms with Crippen LogP contribution in [-0.4, -0.2) is 66.6 Å². The zero-order valence-electron chi connectivity index (χ0n) is 17.2. The number of hydrogen-bond donors (Lipinski definition) is 0. The van der Waals surface area contributed by atoms with Crippen molar-refractivity contribution in [2.24, 2.45) is 0 Å². The molecule has 1 fully saturated rings. The first-order chi connectivity index (χ1) is 15.0. The van der Waals surface area contributed by atoms with Gasteiger partial charge in [-0.1, -0.05) is 48.5 Å². The zero-order chi connectivity index (χ0) is 21.8. The van der Waals surface area contributed by atoms with Crippen molar-refractivity contribution in [1.82, 2.24) is 19.0 Å². The number of rotatable bonds is 6. The van der Waals surface area contributed by atoms with Crippen LogP contribution in [0.1, 0.15) is 16.1 Å². The van der Waals surface area contributed by atoms with E-state index in [1.165, 1.54) is 11.4 Å². The first-order valence-corrected chi connectivity index (χ1v) is 11.6. The maximum Gasteiger partial charge on any atom is 0.278 e. The van der Waals surface area contributed by atoms with E-state index < -0.39 is 10.0 Å². The highest BCUT2D eigenvalue weighted by molar-refractivity contribution is 7.88. The van der Waals surface area contributed by atoms with Crippen LogP contribution in [0, 0.1) is 0 Å². The third-order valence-corrected chi connectivity index (χ3v) is 7.09. The van der Waals surface area contributed by atoms with Crippen molar-refractivity contribution >= 4 is 15.9 Å². The van der Waals surface area contributed by atoms with Crippen molar-refractivity contribution in [3.63, 3.8) is 0 Å². The largest absolute Gasteiger partial charge is 0.493 e. The lowest BCUT2D eigenvalue weighted by molar-refractivity contribution is 0.0688. The average molecular weight is 441 g/mol. The van der Waals surface area contributed by atoms with E-state index >= 15 is 0 Å². The SMILES string of the molecule is COc1cn(-c2ccccc2)nc1C(=O)N1CCN(S(=O)(=O)Cc2ccccc2)CC1. The highest BCUT2D eigenvalue weighted by atomic mass is 32.2. The molecule has 0 saturated carbocycles. The second-order valence-corrected chi connectivity index (χ2v) is 9.23. The Kier molecular flexibility index (Phi) is 6.06. The molecule has 162 valence electrons. The van der Waals surface area contributed by atoms with Crippen molar-refractivity contribution in [3.8, 4) is 11.4 Å². The molecule has 0 radical (unpaired) electrons. The van der Waals surface area contributed by atoms with E-state index in [1.54, 1.807) is 27.9 Å². The van der Waals surface area contributed by atoms with E-state index in [4.69, 9.17) is 4.74 Å². The zero-order valence-corrected chi connectivity index (χ0v) is 18.0. The molecule has 2 aromatic carbocycles. The minimum atomic E-state index is -3.44. The predicted molar refractivity (Wildman–Crippen MR) is 117 cm³/mol. The van der Waals surface area contributed by atoms with Crippen LogP contribution < -0.4 is 4.74 Å². The summed E-state index contributed by atoms with van der Waals surface area (Å²) < 4.78 is 33.9. The molecule has 1 aliphatic heterocycles. The first-order valence-electron chi connectivity index (χ1n) is 9.98. The van der Waals surface area contributed by atoms with Crippen LogP contribution in [0.15, 0.2) is 66.9 Å². The van der Waals surface area contributed by atoms with E-state index in [1.807, 2.05) is 48.5 Å². The van der Waals surface area contributed by atoms with Gasteiger partial charge < -0.3 is 9.64 Å². The highest BCUT2D eigenvalue weighted by Gasteiger charge is 2.31. The van der Waals surface area contributed by atoms with Crippen LogP contribution in [0.2, 0.25) is 0 Å². The molecule has 4 rings (SSSR count). The molecule has 9 heteroatoms. The van der Waals surface area contributed by atoms with Gasteiger partial charge in [0.25, 0.3) is 5.91 Å². The number of carbonyl (C=O) groups is 1. The fourth-order valence-electron chi connectivity index (χ4n) is 3.56. The van der Waals surface area contributed by atoms with Crippen molar-refractivity contribution in [2.45, 2.75) is 5.75 Å². The molecule has 0 atom stereocenters. The number of aromatic nitrogens is 2. The molecular formula is C22H24N4O4S. The van der Waals surface area contributed by atoms with E-state index in [0.29, 0.717) is 18.8 Å². The van der Waals surface area contributed by atoms with Gasteiger partial charge in [0, 0.05) is 26.2 Å². The Morgan fingerprint density at radius 2 is 1.58 bits per heavy atom. The van der Waals surface area contributed by atoms with Gasteiger partial charge in [0.1, 0.15) is 0 Å². The van der Waals surface area contributed by atoms with Crippen LogP contribution in [0.25, 0.3) is 5.69 Å². The molecule has 0 N–H and O–H groups in total. The van der Waals surface area contributed by atoms with Crippen LogP contribution in [-0.2, 0) is 15.8 Å². The van der Waals surface area contributed by atoms with Gasteiger partial charge in [0.15, 0.2) is 11.4 Å². The number of hydrogen-bond acceptors (Lipinski definition) is 5. The number of piperazine rings is 1. The van der Waals surface area contributed by atoms with Gasteiger partial charge in [-0.05, 0) is 17.7 Å². The van der Waals surface area contributed by atoms with Gasteiger partial charge in [-0.3, -0.25) is 4.79 Å². The molecule has 3 aromatic rings. The van der Waals surface area contributed by atoms with Gasteiger partial charge in [-0.15, -0.1) is 0 Å². The van der Waals surface area contributed by atoms with Crippen LogP contribution >= 0.6 is 0 Å². The van der Waals surface area contributed by atoms with E-state index in [9.17, 15) is 13.2 Å². The molecule has 2 heterocycles. The van der Waals surface area contributed by atoms with Crippen LogP contribution in [0.5, 0.6) is 5.75 Å². The molecule has 1 saturated heterocycles. The van der Waals surface area contributed by atoms with E-state index in [2.05, 4.69) is 5.10 Å². The molecule has 1 aromatic heterocycles. The molecule has 0 spiro atoms. The van der Waals surface area contributed by atoms with E-state index in [0.717, 1.165) is 11.3 Å². The topological polar surface area (TPSA) is 84.7 Å². The summed E-state index contributed by atoms with van der Waals surface area (Å²) in [5, 5.41) is 4.42. The minimum absolute atomic E-state index is 0.0446. The smallest absolute Gasteiger partial charge is 0.278 e. The summed E-state index contributed by atoms with van der Waals surface area (Å²) in [6.07, 6.45) is 1.67. The Balaban J connectivity index is 1.44. The molecular weight excluding hydrogens is 416 g/mol. The van der Waals surface area contributed by atoms with Gasteiger partial charge in [-0.25, -0.2) is 13.1 Å². The lowest BCUT2D eigenvalue weighted by Gasteiger charge is -2.33.